The van der Waals surface area contributed by atoms with Crippen LogP contribution in [0.1, 0.15) is 26.7 Å². The molecule has 1 N–H and O–H groups in total. The van der Waals surface area contributed by atoms with Gasteiger partial charge in [0, 0.05) is 0 Å². The minimum absolute atomic E-state index is 0.336. The Morgan fingerprint density at radius 2 is 1.54 bits per heavy atom. The van der Waals surface area contributed by atoms with Crippen LogP contribution < -0.4 is 10.4 Å². The van der Waals surface area contributed by atoms with E-state index in [0.29, 0.717) is 12.8 Å². The second kappa shape index (κ2) is 8.21. The van der Waals surface area contributed by atoms with E-state index >= 15 is 4.39 Å². The zero-order chi connectivity index (χ0) is 17.6. The maximum Gasteiger partial charge on any atom is 0.331 e. The van der Waals surface area contributed by atoms with Crippen LogP contribution in [0, 0.1) is 0 Å². The van der Waals surface area contributed by atoms with E-state index in [1.165, 1.54) is 6.92 Å². The average molecular weight is 346 g/mol. The first-order chi connectivity index (χ1) is 11.5. The van der Waals surface area contributed by atoms with Crippen molar-refractivity contribution in [2.45, 2.75) is 38.6 Å². The Bertz CT molecular complexity index is 609. The smallest absolute Gasteiger partial charge is 0.331 e. The normalized spacial score (nSPS) is 14.1. The molecule has 0 bridgehead atoms. The number of halogens is 1. The molecule has 0 radical (unpaired) electrons. The maximum atomic E-state index is 15.5. The molecule has 2 aromatic carbocycles. The third kappa shape index (κ3) is 3.74. The number of rotatable bonds is 8. The quantitative estimate of drug-likeness (QED) is 0.748. The lowest BCUT2D eigenvalue weighted by atomic mass is 10.3. The molecule has 0 heterocycles. The second-order valence-corrected chi connectivity index (χ2v) is 9.31. The van der Waals surface area contributed by atoms with Crippen molar-refractivity contribution in [2.75, 3.05) is 0 Å². The highest BCUT2D eigenvalue weighted by molar-refractivity contribution is 6.98. The Kier molecular flexibility index (Phi) is 6.28. The topological polar surface area (TPSA) is 46.5 Å². The largest absolute Gasteiger partial charge is 0.479 e. The molecule has 0 aliphatic heterocycles. The summed E-state index contributed by atoms with van der Waals surface area (Å²) in [6.45, 7) is 3.39. The van der Waals surface area contributed by atoms with Gasteiger partial charge in [-0.15, -0.1) is 0 Å². The molecule has 24 heavy (non-hydrogen) atoms. The van der Waals surface area contributed by atoms with Gasteiger partial charge in [0.1, 0.15) is 11.9 Å². The maximum absolute atomic E-state index is 15.5. The number of carbonyl (C=O) groups is 1. The van der Waals surface area contributed by atoms with Crippen molar-refractivity contribution in [3.8, 4) is 0 Å². The molecule has 0 saturated carbocycles. The van der Waals surface area contributed by atoms with Crippen molar-refractivity contribution < 1.29 is 18.7 Å². The summed E-state index contributed by atoms with van der Waals surface area (Å²) in [5, 5.41) is 10.8. The first kappa shape index (κ1) is 18.4. The van der Waals surface area contributed by atoms with Crippen LogP contribution in [0.2, 0.25) is 0 Å². The molecule has 0 saturated heterocycles. The summed E-state index contributed by atoms with van der Waals surface area (Å²) in [6, 6.07) is 18.5. The van der Waals surface area contributed by atoms with Crippen LogP contribution in [-0.2, 0) is 9.22 Å². The van der Waals surface area contributed by atoms with Crippen LogP contribution in [0.15, 0.2) is 60.7 Å². The highest BCUT2D eigenvalue weighted by Crippen LogP contribution is 2.21. The Labute approximate surface area is 143 Å². The summed E-state index contributed by atoms with van der Waals surface area (Å²) >= 11 is 0. The number of hydrogen-bond donors (Lipinski definition) is 1. The number of hydrogen-bond acceptors (Lipinski definition) is 2. The summed E-state index contributed by atoms with van der Waals surface area (Å²) in [6.07, 6.45) is -0.0740. The molecule has 128 valence electrons. The van der Waals surface area contributed by atoms with Crippen LogP contribution in [-0.4, -0.2) is 31.3 Å². The number of alkyl halides is 1. The Morgan fingerprint density at radius 3 is 1.92 bits per heavy atom. The van der Waals surface area contributed by atoms with E-state index in [-0.39, 0.29) is 0 Å². The van der Waals surface area contributed by atoms with Gasteiger partial charge in [-0.25, -0.2) is 9.18 Å². The molecule has 5 heteroatoms. The Morgan fingerprint density at radius 1 is 1.08 bits per heavy atom. The molecule has 2 rings (SSSR count). The molecule has 2 atom stereocenters. The van der Waals surface area contributed by atoms with Crippen molar-refractivity contribution in [3.63, 3.8) is 0 Å². The minimum Gasteiger partial charge on any atom is -0.479 e. The molecule has 0 fully saturated rings. The average Bonchev–Trinajstić information content (AvgIpc) is 2.61. The number of carboxylic acids is 1. The highest BCUT2D eigenvalue weighted by Gasteiger charge is 2.49. The predicted molar refractivity (Wildman–Crippen MR) is 95.9 cm³/mol. The highest BCUT2D eigenvalue weighted by atomic mass is 28.4. The molecule has 0 amide bonds. The molecule has 0 aromatic heterocycles. The first-order valence-corrected chi connectivity index (χ1v) is 10.2. The lowest BCUT2D eigenvalue weighted by Crippen LogP contribution is -2.69. The van der Waals surface area contributed by atoms with Gasteiger partial charge in [-0.2, -0.15) is 0 Å². The van der Waals surface area contributed by atoms with Gasteiger partial charge in [0.15, 0.2) is 0 Å². The fraction of sp³-hybridized carbons (Fsp3) is 0.316. The van der Waals surface area contributed by atoms with Crippen LogP contribution in [0.3, 0.4) is 0 Å². The fourth-order valence-corrected chi connectivity index (χ4v) is 7.10. The van der Waals surface area contributed by atoms with Crippen molar-refractivity contribution in [3.05, 3.63) is 60.7 Å². The molecule has 2 aromatic rings. The molecule has 0 spiro atoms. The molecule has 0 aliphatic rings. The SMILES string of the molecule is CCCC(F)[Si](OC(C)C(=O)O)(c1ccccc1)c1ccccc1. The Hall–Kier alpha value is -1.98. The summed E-state index contributed by atoms with van der Waals surface area (Å²) in [5.41, 5.74) is 0. The van der Waals surface area contributed by atoms with Gasteiger partial charge in [0.05, 0.1) is 0 Å². The third-order valence-corrected chi connectivity index (χ3v) is 8.38. The fourth-order valence-electron chi connectivity index (χ4n) is 2.90. The van der Waals surface area contributed by atoms with Gasteiger partial charge in [-0.3, -0.25) is 0 Å². The van der Waals surface area contributed by atoms with E-state index in [1.807, 2.05) is 67.6 Å². The summed E-state index contributed by atoms with van der Waals surface area (Å²) < 4.78 is 21.5. The third-order valence-electron chi connectivity index (χ3n) is 4.10. The van der Waals surface area contributed by atoms with Gasteiger partial charge in [0.2, 0.25) is 0 Å². The second-order valence-electron chi connectivity index (χ2n) is 5.82. The van der Waals surface area contributed by atoms with Gasteiger partial charge in [-0.05, 0) is 23.7 Å². The summed E-state index contributed by atoms with van der Waals surface area (Å²) in [5.74, 6) is -2.31. The molecular weight excluding hydrogens is 323 g/mol. The molecule has 0 aliphatic carbocycles. The first-order valence-electron chi connectivity index (χ1n) is 8.18. The molecule has 2 unspecified atom stereocenters. The minimum atomic E-state index is -3.35. The standard InChI is InChI=1S/C19H23FO3Si/c1-3-10-18(20)24(23-15(2)19(21)22,16-11-6-4-7-12-16)17-13-8-5-9-14-17/h4-9,11-15,18H,3,10H2,1-2H3,(H,21,22). The van der Waals surface area contributed by atoms with Crippen LogP contribution in [0.5, 0.6) is 0 Å². The molecule has 3 nitrogen and oxygen atoms in total. The van der Waals surface area contributed by atoms with Crippen LogP contribution in [0.25, 0.3) is 0 Å². The van der Waals surface area contributed by atoms with Crippen molar-refractivity contribution in [2.24, 2.45) is 0 Å². The lowest BCUT2D eigenvalue weighted by molar-refractivity contribution is -0.144. The zero-order valence-electron chi connectivity index (χ0n) is 14.0. The van der Waals surface area contributed by atoms with Gasteiger partial charge < -0.3 is 9.53 Å². The van der Waals surface area contributed by atoms with Crippen LogP contribution in [0.4, 0.5) is 4.39 Å². The van der Waals surface area contributed by atoms with Gasteiger partial charge in [0.25, 0.3) is 8.32 Å². The van der Waals surface area contributed by atoms with E-state index in [1.54, 1.807) is 0 Å². The van der Waals surface area contributed by atoms with Crippen LogP contribution >= 0.6 is 0 Å². The zero-order valence-corrected chi connectivity index (χ0v) is 15.0. The summed E-state index contributed by atoms with van der Waals surface area (Å²) in [4.78, 5) is 11.4. The van der Waals surface area contributed by atoms with E-state index in [2.05, 4.69) is 0 Å². The van der Waals surface area contributed by atoms with E-state index in [9.17, 15) is 9.90 Å². The van der Waals surface area contributed by atoms with E-state index < -0.39 is 26.2 Å². The Balaban J connectivity index is 2.65. The number of aliphatic carboxylic acids is 1. The predicted octanol–water partition coefficient (Wildman–Crippen LogP) is 2.91. The molecular formula is C19H23FO3Si. The van der Waals surface area contributed by atoms with Gasteiger partial charge >= 0.3 is 5.97 Å². The van der Waals surface area contributed by atoms with E-state index in [4.69, 9.17) is 4.43 Å². The monoisotopic (exact) mass is 346 g/mol. The van der Waals surface area contributed by atoms with E-state index in [0.717, 1.165) is 10.4 Å². The summed E-state index contributed by atoms with van der Waals surface area (Å²) in [7, 11) is -3.35. The number of carboxylic acid groups (broad SMARTS) is 1. The lowest BCUT2D eigenvalue weighted by Gasteiger charge is -2.36. The number of benzene rings is 2. The van der Waals surface area contributed by atoms with Crippen molar-refractivity contribution in [1.29, 1.82) is 0 Å². The van der Waals surface area contributed by atoms with Gasteiger partial charge in [-0.1, -0.05) is 74.0 Å². The van der Waals surface area contributed by atoms with Crippen molar-refractivity contribution >= 4 is 24.7 Å². The van der Waals surface area contributed by atoms with Crippen molar-refractivity contribution in [1.82, 2.24) is 0 Å².